The average Bonchev–Trinajstić information content (AvgIpc) is 3.02. The molecular formula is C42H75NO7Si2. The summed E-state index contributed by atoms with van der Waals surface area (Å²) in [7, 11) is -3.00. The number of primary amides is 1. The molecule has 0 aromatic heterocycles. The first-order chi connectivity index (χ1) is 23.7. The molecule has 0 radical (unpaired) electrons. The van der Waals surface area contributed by atoms with Crippen molar-refractivity contribution in [3.8, 4) is 0 Å². The number of hydrogen-bond donors (Lipinski definition) is 1. The molecule has 0 saturated carbocycles. The van der Waals surface area contributed by atoms with Crippen LogP contribution in [0.2, 0.25) is 36.3 Å². The van der Waals surface area contributed by atoms with Gasteiger partial charge in [-0.25, -0.2) is 9.59 Å². The Hall–Kier alpha value is -2.25. The summed E-state index contributed by atoms with van der Waals surface area (Å²) in [6, 6.07) is 10.0. The van der Waals surface area contributed by atoms with E-state index in [4.69, 9.17) is 28.8 Å². The van der Waals surface area contributed by atoms with Crippen molar-refractivity contribution in [3.05, 3.63) is 59.7 Å². The fraction of sp³-hybridized carbons (Fsp3) is 0.714. The smallest absolute Gasteiger partial charge is 0.404 e. The Bertz CT molecular complexity index is 1300. The van der Waals surface area contributed by atoms with Gasteiger partial charge in [-0.1, -0.05) is 124 Å². The van der Waals surface area contributed by atoms with Crippen molar-refractivity contribution in [3.63, 3.8) is 0 Å². The van der Waals surface area contributed by atoms with Crippen LogP contribution in [0.5, 0.6) is 0 Å². The molecular weight excluding hydrogens is 687 g/mol. The molecule has 0 aliphatic rings. The highest BCUT2D eigenvalue weighted by Crippen LogP contribution is 2.42. The van der Waals surface area contributed by atoms with Crippen molar-refractivity contribution in [2.45, 2.75) is 151 Å². The van der Waals surface area contributed by atoms with E-state index < -0.39 is 28.8 Å². The molecule has 298 valence electrons. The fourth-order valence-corrected chi connectivity index (χ4v) is 9.15. The number of hydrogen-bond acceptors (Lipinski definition) is 7. The van der Waals surface area contributed by atoms with Gasteiger partial charge in [-0.2, -0.15) is 0 Å². The van der Waals surface area contributed by atoms with Crippen molar-refractivity contribution in [1.29, 1.82) is 0 Å². The number of esters is 1. The van der Waals surface area contributed by atoms with E-state index in [1.54, 1.807) is 0 Å². The van der Waals surface area contributed by atoms with Crippen LogP contribution in [-0.2, 0) is 34.5 Å². The maximum atomic E-state index is 12.3. The van der Waals surface area contributed by atoms with Gasteiger partial charge in [0.25, 0.3) is 0 Å². The highest BCUT2D eigenvalue weighted by molar-refractivity contribution is 6.74. The fourth-order valence-electron chi connectivity index (χ4n) is 6.21. The van der Waals surface area contributed by atoms with E-state index >= 15 is 0 Å². The van der Waals surface area contributed by atoms with Gasteiger partial charge in [-0.05, 0) is 67.0 Å². The van der Waals surface area contributed by atoms with Crippen molar-refractivity contribution >= 4 is 28.7 Å². The second kappa shape index (κ2) is 20.4. The highest BCUT2D eigenvalue weighted by atomic mass is 28.4. The summed E-state index contributed by atoms with van der Waals surface area (Å²) < 4.78 is 31.2. The maximum Gasteiger partial charge on any atom is 0.404 e. The van der Waals surface area contributed by atoms with Crippen molar-refractivity contribution in [1.82, 2.24) is 0 Å². The molecule has 52 heavy (non-hydrogen) atoms. The molecule has 0 aliphatic heterocycles. The van der Waals surface area contributed by atoms with Crippen LogP contribution < -0.4 is 5.73 Å². The molecule has 0 aliphatic carbocycles. The van der Waals surface area contributed by atoms with Crippen molar-refractivity contribution in [2.24, 2.45) is 35.3 Å². The Labute approximate surface area is 319 Å². The normalized spacial score (nSPS) is 18.2. The Kier molecular flexibility index (Phi) is 18.8. The second-order valence-corrected chi connectivity index (χ2v) is 27.7. The molecule has 1 rings (SSSR count). The molecule has 2 N–H and O–H groups in total. The number of benzene rings is 1. The van der Waals surface area contributed by atoms with Crippen LogP contribution in [-0.4, -0.2) is 60.7 Å². The van der Waals surface area contributed by atoms with E-state index in [2.05, 4.69) is 108 Å². The number of methoxy groups -OCH3 is 1. The van der Waals surface area contributed by atoms with Gasteiger partial charge in [-0.3, -0.25) is 0 Å². The third kappa shape index (κ3) is 15.2. The van der Waals surface area contributed by atoms with Crippen LogP contribution in [0, 0.1) is 29.6 Å². The standard InChI is InChI=1S/C42H75NO7Si2/c1-29(25-31(3)37(30(2)23-24-36(44)46-13)49-51(14,15)41(7,8)9)26-32(4)39(50-52(16,17)42(10,11)12)34(6)38(48-40(43)45)33(5)27-47-28-35-21-19-18-20-22-35/h18-25,30-34,37-39H,26-28H2,1-17H3,(H2,43,45)/b24-23-,29-25-/t30-,31-,32-,33-,34+,37-,38-,39+/m0/s1. The molecule has 10 heteroatoms. The summed E-state index contributed by atoms with van der Waals surface area (Å²) in [6.07, 6.45) is 4.88. The lowest BCUT2D eigenvalue weighted by Crippen LogP contribution is -2.51. The molecule has 1 aromatic carbocycles. The first kappa shape index (κ1) is 47.8. The van der Waals surface area contributed by atoms with Gasteiger partial charge in [0.15, 0.2) is 16.6 Å². The molecule has 8 atom stereocenters. The molecule has 1 aromatic rings. The lowest BCUT2D eigenvalue weighted by molar-refractivity contribution is -0.134. The van der Waals surface area contributed by atoms with Gasteiger partial charge < -0.3 is 28.8 Å². The summed E-state index contributed by atoms with van der Waals surface area (Å²) >= 11 is 0. The Balaban J connectivity index is 3.47. The van der Waals surface area contributed by atoms with Gasteiger partial charge in [0.2, 0.25) is 0 Å². The minimum atomic E-state index is -2.25. The van der Waals surface area contributed by atoms with Gasteiger partial charge in [-0.15, -0.1) is 0 Å². The van der Waals surface area contributed by atoms with Crippen LogP contribution in [0.1, 0.15) is 95.1 Å². The van der Waals surface area contributed by atoms with Crippen molar-refractivity contribution in [2.75, 3.05) is 13.7 Å². The topological polar surface area (TPSA) is 106 Å². The van der Waals surface area contributed by atoms with E-state index in [1.807, 2.05) is 43.3 Å². The third-order valence-electron chi connectivity index (χ3n) is 11.3. The average molecular weight is 762 g/mol. The van der Waals surface area contributed by atoms with Gasteiger partial charge in [0.05, 0.1) is 32.5 Å². The molecule has 0 heterocycles. The number of carbonyl (C=O) groups excluding carboxylic acids is 2. The molecule has 0 saturated heterocycles. The molecule has 0 bridgehead atoms. The van der Waals surface area contributed by atoms with Crippen LogP contribution in [0.4, 0.5) is 4.79 Å². The predicted molar refractivity (Wildman–Crippen MR) is 220 cm³/mol. The minimum Gasteiger partial charge on any atom is -0.466 e. The summed E-state index contributed by atoms with van der Waals surface area (Å²) in [5.41, 5.74) is 8.00. The number of allylic oxidation sites excluding steroid dienone is 1. The first-order valence-electron chi connectivity index (χ1n) is 19.1. The maximum absolute atomic E-state index is 12.3. The number of nitrogens with two attached hydrogens (primary N) is 1. The van der Waals surface area contributed by atoms with Crippen LogP contribution in [0.25, 0.3) is 0 Å². The summed E-state index contributed by atoms with van der Waals surface area (Å²) in [5, 5.41) is 0.0123. The number of rotatable bonds is 20. The predicted octanol–water partition coefficient (Wildman–Crippen LogP) is 10.7. The van der Waals surface area contributed by atoms with Crippen LogP contribution in [0.15, 0.2) is 54.1 Å². The summed E-state index contributed by atoms with van der Waals surface area (Å²) in [5.74, 6) is -0.493. The molecule has 1 amide bonds. The molecule has 0 fully saturated rings. The quantitative estimate of drug-likeness (QED) is 0.0610. The minimum absolute atomic E-state index is 0.0170. The highest BCUT2D eigenvalue weighted by Gasteiger charge is 2.45. The summed E-state index contributed by atoms with van der Waals surface area (Å²) in [6.45, 7) is 36.3. The van der Waals surface area contributed by atoms with E-state index in [9.17, 15) is 9.59 Å². The second-order valence-electron chi connectivity index (χ2n) is 18.2. The van der Waals surface area contributed by atoms with Crippen molar-refractivity contribution < 1.29 is 32.7 Å². The zero-order valence-corrected chi connectivity index (χ0v) is 37.8. The van der Waals surface area contributed by atoms with Crippen LogP contribution in [0.3, 0.4) is 0 Å². The van der Waals surface area contributed by atoms with Crippen LogP contribution >= 0.6 is 0 Å². The van der Waals surface area contributed by atoms with Gasteiger partial charge >= 0.3 is 12.1 Å². The lowest BCUT2D eigenvalue weighted by atomic mass is 9.81. The Morgan fingerprint density at radius 2 is 1.31 bits per heavy atom. The first-order valence-corrected chi connectivity index (χ1v) is 24.9. The van der Waals surface area contributed by atoms with E-state index in [-0.39, 0.29) is 57.8 Å². The lowest BCUT2D eigenvalue weighted by Gasteiger charge is -2.45. The van der Waals surface area contributed by atoms with Gasteiger partial charge in [0, 0.05) is 23.8 Å². The Morgan fingerprint density at radius 3 is 1.79 bits per heavy atom. The third-order valence-corrected chi connectivity index (χ3v) is 20.3. The number of amides is 1. The van der Waals surface area contributed by atoms with E-state index in [0.717, 1.165) is 12.0 Å². The largest absolute Gasteiger partial charge is 0.466 e. The summed E-state index contributed by atoms with van der Waals surface area (Å²) in [4.78, 5) is 24.3. The number of carbonyl (C=O) groups is 2. The van der Waals surface area contributed by atoms with E-state index in [0.29, 0.717) is 13.2 Å². The SMILES string of the molecule is COC(=O)/C=C\[C@H](C)[C@H](O[Si](C)(C)C(C)(C)C)[C@@H](C)/C=C(/C)C[C@H](C)[C@@H](O[Si](C)(C)C(C)(C)C)[C@H](C)[C@@H](OC(N)=O)[C@@H](C)COCc1ccccc1. The zero-order chi connectivity index (χ0) is 40.2. The molecule has 8 nitrogen and oxygen atoms in total. The Morgan fingerprint density at radius 1 is 0.788 bits per heavy atom. The van der Waals surface area contributed by atoms with Gasteiger partial charge in [0.1, 0.15) is 6.10 Å². The zero-order valence-electron chi connectivity index (χ0n) is 35.8. The molecule has 0 spiro atoms. The monoisotopic (exact) mass is 762 g/mol. The van der Waals surface area contributed by atoms with E-state index in [1.165, 1.54) is 18.8 Å². The number of ether oxygens (including phenoxy) is 3. The molecule has 0 unspecified atom stereocenters.